The predicted octanol–water partition coefficient (Wildman–Crippen LogP) is 5.17. The lowest BCUT2D eigenvalue weighted by atomic mass is 9.43. The summed E-state index contributed by atoms with van der Waals surface area (Å²) < 4.78 is 5.99. The van der Waals surface area contributed by atoms with Gasteiger partial charge in [-0.25, -0.2) is 0 Å². The van der Waals surface area contributed by atoms with Crippen LogP contribution >= 0.6 is 0 Å². The van der Waals surface area contributed by atoms with E-state index in [4.69, 9.17) is 4.74 Å². The van der Waals surface area contributed by atoms with Gasteiger partial charge in [0.05, 0.1) is 12.2 Å². The highest BCUT2D eigenvalue weighted by Crippen LogP contribution is 2.68. The van der Waals surface area contributed by atoms with E-state index in [2.05, 4.69) is 39.8 Å². The van der Waals surface area contributed by atoms with E-state index in [0.717, 1.165) is 44.9 Å². The molecule has 4 aliphatic carbocycles. The first-order chi connectivity index (χ1) is 13.2. The Balaban J connectivity index is 1.85. The Bertz CT molecular complexity index is 656. The monoisotopic (exact) mass is 388 g/mol. The van der Waals surface area contributed by atoms with Crippen LogP contribution in [0.25, 0.3) is 0 Å². The van der Waals surface area contributed by atoms with Crippen molar-refractivity contribution in [3.63, 3.8) is 0 Å². The lowest BCUT2D eigenvalue weighted by Crippen LogP contribution is -2.63. The fourth-order valence-electron chi connectivity index (χ4n) is 8.15. The van der Waals surface area contributed by atoms with E-state index < -0.39 is 11.5 Å². The number of ether oxygens (including phenoxy) is 1. The molecule has 2 bridgehead atoms. The minimum Gasteiger partial charge on any atom is -0.393 e. The van der Waals surface area contributed by atoms with Crippen molar-refractivity contribution in [2.24, 2.45) is 39.9 Å². The van der Waals surface area contributed by atoms with Gasteiger partial charge in [0, 0.05) is 23.9 Å². The van der Waals surface area contributed by atoms with E-state index in [-0.39, 0.29) is 34.7 Å². The highest BCUT2D eigenvalue weighted by Gasteiger charge is 2.68. The Kier molecular flexibility index (Phi) is 5.11. The van der Waals surface area contributed by atoms with Gasteiger partial charge in [-0.2, -0.15) is 0 Å². The standard InChI is InChI=1S/C25H40O3/c1-16-11-13-25-14-12-19(28-5)21(25)24(16,4)20(26)15-23(3,22(27)17(25)2)18-9-7-6-8-10-18/h7,9,16-21,26H,6,8,10-15H2,1-5H3/t16-,17+,18?,19?,20-,21?,23+,24+,25?/m1/s1. The largest absolute Gasteiger partial charge is 0.393 e. The van der Waals surface area contributed by atoms with E-state index >= 15 is 0 Å². The minimum absolute atomic E-state index is 0.0138. The smallest absolute Gasteiger partial charge is 0.142 e. The van der Waals surface area contributed by atoms with Crippen LogP contribution < -0.4 is 0 Å². The van der Waals surface area contributed by atoms with Crippen LogP contribution in [0.5, 0.6) is 0 Å². The fourth-order valence-corrected chi connectivity index (χ4v) is 8.15. The first-order valence-electron chi connectivity index (χ1n) is 11.6. The molecule has 158 valence electrons. The van der Waals surface area contributed by atoms with Crippen molar-refractivity contribution in [1.82, 2.24) is 0 Å². The molecule has 4 rings (SSSR count). The van der Waals surface area contributed by atoms with Gasteiger partial charge >= 0.3 is 0 Å². The molecule has 3 fully saturated rings. The second kappa shape index (κ2) is 6.94. The third-order valence-corrected chi connectivity index (χ3v) is 10.2. The lowest BCUT2D eigenvalue weighted by Gasteiger charge is -2.62. The Morgan fingerprint density at radius 3 is 2.50 bits per heavy atom. The maximum Gasteiger partial charge on any atom is 0.142 e. The number of carbonyl (C=O) groups excluding carboxylic acids is 1. The molecular formula is C25H40O3. The number of methoxy groups -OCH3 is 1. The Morgan fingerprint density at radius 2 is 1.86 bits per heavy atom. The molecule has 4 aliphatic rings. The SMILES string of the molecule is COC1CCC23CC[C@@H](C)[C@](C)(C12)[C@H](O)C[C@@](C)(C1C=CCCC1)C(=O)[C@@H]3C. The molecule has 0 aromatic heterocycles. The first kappa shape index (κ1) is 20.6. The van der Waals surface area contributed by atoms with Crippen LogP contribution in [0.3, 0.4) is 0 Å². The summed E-state index contributed by atoms with van der Waals surface area (Å²) in [6.45, 7) is 9.02. The minimum atomic E-state index is -0.461. The second-order valence-corrected chi connectivity index (χ2v) is 11.0. The molecule has 3 saturated carbocycles. The summed E-state index contributed by atoms with van der Waals surface area (Å²) >= 11 is 0. The molecule has 0 radical (unpaired) electrons. The van der Waals surface area contributed by atoms with Crippen LogP contribution in [0.1, 0.15) is 79.1 Å². The topological polar surface area (TPSA) is 46.5 Å². The number of aliphatic hydroxyl groups is 1. The van der Waals surface area contributed by atoms with Gasteiger partial charge in [0.25, 0.3) is 0 Å². The summed E-state index contributed by atoms with van der Waals surface area (Å²) in [5.41, 5.74) is -0.665. The third-order valence-electron chi connectivity index (χ3n) is 10.2. The zero-order valence-corrected chi connectivity index (χ0v) is 18.5. The summed E-state index contributed by atoms with van der Waals surface area (Å²) in [6.07, 6.45) is 12.5. The predicted molar refractivity (Wildman–Crippen MR) is 112 cm³/mol. The van der Waals surface area contributed by atoms with E-state index in [1.54, 1.807) is 0 Å². The van der Waals surface area contributed by atoms with Crippen molar-refractivity contribution in [1.29, 1.82) is 0 Å². The Morgan fingerprint density at radius 1 is 1.14 bits per heavy atom. The van der Waals surface area contributed by atoms with Crippen molar-refractivity contribution in [3.05, 3.63) is 12.2 Å². The first-order valence-corrected chi connectivity index (χ1v) is 11.6. The Labute approximate surface area is 171 Å². The third kappa shape index (κ3) is 2.57. The maximum absolute atomic E-state index is 14.1. The zero-order valence-electron chi connectivity index (χ0n) is 18.5. The molecule has 0 aromatic rings. The van der Waals surface area contributed by atoms with Gasteiger partial charge in [-0.3, -0.25) is 4.79 Å². The molecule has 0 aromatic carbocycles. The van der Waals surface area contributed by atoms with Gasteiger partial charge in [-0.05, 0) is 74.5 Å². The van der Waals surface area contributed by atoms with Gasteiger partial charge < -0.3 is 9.84 Å². The molecule has 3 nitrogen and oxygen atoms in total. The van der Waals surface area contributed by atoms with Crippen LogP contribution in [-0.4, -0.2) is 30.2 Å². The van der Waals surface area contributed by atoms with E-state index in [0.29, 0.717) is 18.1 Å². The van der Waals surface area contributed by atoms with E-state index in [1.807, 2.05) is 7.11 Å². The number of rotatable bonds is 2. The molecule has 0 heterocycles. The van der Waals surface area contributed by atoms with E-state index in [1.165, 1.54) is 0 Å². The molecule has 28 heavy (non-hydrogen) atoms. The number of hydrogen-bond donors (Lipinski definition) is 1. The molecule has 4 unspecified atom stereocenters. The number of carbonyl (C=O) groups is 1. The van der Waals surface area contributed by atoms with Crippen molar-refractivity contribution in [2.45, 2.75) is 91.3 Å². The van der Waals surface area contributed by atoms with Gasteiger partial charge in [-0.1, -0.05) is 39.8 Å². The lowest BCUT2D eigenvalue weighted by molar-refractivity contribution is -0.194. The van der Waals surface area contributed by atoms with Crippen molar-refractivity contribution < 1.29 is 14.6 Å². The summed E-state index contributed by atoms with van der Waals surface area (Å²) in [5.74, 6) is 1.42. The highest BCUT2D eigenvalue weighted by atomic mass is 16.5. The second-order valence-electron chi connectivity index (χ2n) is 11.0. The summed E-state index contributed by atoms with van der Waals surface area (Å²) in [5, 5.41) is 11.8. The normalized spacial score (nSPS) is 54.1. The summed E-state index contributed by atoms with van der Waals surface area (Å²) in [4.78, 5) is 14.1. The number of hydrogen-bond acceptors (Lipinski definition) is 3. The van der Waals surface area contributed by atoms with Gasteiger partial charge in [0.1, 0.15) is 5.78 Å². The molecule has 1 N–H and O–H groups in total. The molecule has 0 aliphatic heterocycles. The zero-order chi connectivity index (χ0) is 20.3. The quantitative estimate of drug-likeness (QED) is 0.664. The van der Waals surface area contributed by atoms with Crippen molar-refractivity contribution >= 4 is 5.78 Å². The summed E-state index contributed by atoms with van der Waals surface area (Å²) in [6, 6.07) is 0. The highest BCUT2D eigenvalue weighted by molar-refractivity contribution is 5.88. The Hall–Kier alpha value is -0.670. The van der Waals surface area contributed by atoms with Crippen LogP contribution in [-0.2, 0) is 9.53 Å². The van der Waals surface area contributed by atoms with Gasteiger partial charge in [0.2, 0.25) is 0 Å². The number of aliphatic hydroxyl groups excluding tert-OH is 1. The van der Waals surface area contributed by atoms with Crippen LogP contribution in [0.2, 0.25) is 0 Å². The van der Waals surface area contributed by atoms with Crippen LogP contribution in [0.4, 0.5) is 0 Å². The number of ketones is 1. The van der Waals surface area contributed by atoms with Crippen molar-refractivity contribution in [3.8, 4) is 0 Å². The van der Waals surface area contributed by atoms with Gasteiger partial charge in [-0.15, -0.1) is 0 Å². The molecule has 9 atom stereocenters. The molecule has 0 saturated heterocycles. The van der Waals surface area contributed by atoms with Gasteiger partial charge in [0.15, 0.2) is 0 Å². The fraction of sp³-hybridized carbons (Fsp3) is 0.880. The average molecular weight is 389 g/mol. The maximum atomic E-state index is 14.1. The molecule has 3 heteroatoms. The molecule has 0 spiro atoms. The van der Waals surface area contributed by atoms with Crippen LogP contribution in [0, 0.1) is 39.9 Å². The number of allylic oxidation sites excluding steroid dienone is 2. The average Bonchev–Trinajstić information content (AvgIpc) is 3.10. The van der Waals surface area contributed by atoms with Crippen LogP contribution in [0.15, 0.2) is 12.2 Å². The molecular weight excluding hydrogens is 348 g/mol. The number of Topliss-reactive ketones (excluding diaryl/α,β-unsaturated/α-hetero) is 1. The van der Waals surface area contributed by atoms with Crippen molar-refractivity contribution in [2.75, 3.05) is 7.11 Å². The summed E-state index contributed by atoms with van der Waals surface area (Å²) in [7, 11) is 1.82. The molecule has 0 amide bonds. The van der Waals surface area contributed by atoms with E-state index in [9.17, 15) is 9.90 Å².